The van der Waals surface area contributed by atoms with E-state index in [0.717, 1.165) is 27.8 Å². The lowest BCUT2D eigenvalue weighted by Crippen LogP contribution is -2.21. The maximum absolute atomic E-state index is 5.96. The van der Waals surface area contributed by atoms with Crippen molar-refractivity contribution >= 4 is 29.1 Å². The fourth-order valence-electron chi connectivity index (χ4n) is 2.51. The summed E-state index contributed by atoms with van der Waals surface area (Å²) in [5, 5.41) is 15.1. The zero-order valence-electron chi connectivity index (χ0n) is 12.3. The Morgan fingerprint density at radius 1 is 0.957 bits per heavy atom. The number of hydrogen-bond donors (Lipinski definition) is 0. The Labute approximate surface area is 143 Å². The predicted octanol–water partition coefficient (Wildman–Crippen LogP) is 4.35. The van der Waals surface area contributed by atoms with Gasteiger partial charge in [0.25, 0.3) is 0 Å². The van der Waals surface area contributed by atoms with Gasteiger partial charge in [-0.1, -0.05) is 53.7 Å². The molecule has 1 atom stereocenters. The molecule has 0 unspecified atom stereocenters. The second-order valence-corrected chi connectivity index (χ2v) is 6.98. The number of aromatic nitrogens is 3. The fraction of sp³-hybridized carbons (Fsp3) is 0.118. The van der Waals surface area contributed by atoms with Crippen LogP contribution in [0.2, 0.25) is 5.02 Å². The monoisotopic (exact) mass is 340 g/mol. The van der Waals surface area contributed by atoms with Gasteiger partial charge in [0.2, 0.25) is 5.16 Å². The molecule has 1 aliphatic heterocycles. The van der Waals surface area contributed by atoms with Crippen LogP contribution in [0.25, 0.3) is 11.4 Å². The van der Waals surface area contributed by atoms with Crippen LogP contribution in [0.5, 0.6) is 0 Å². The molecule has 1 aromatic heterocycles. The van der Waals surface area contributed by atoms with Gasteiger partial charge in [0.05, 0.1) is 11.0 Å². The molecule has 0 radical (unpaired) electrons. The van der Waals surface area contributed by atoms with Crippen molar-refractivity contribution in [2.45, 2.75) is 17.3 Å². The minimum absolute atomic E-state index is 0.229. The van der Waals surface area contributed by atoms with Crippen molar-refractivity contribution in [2.24, 2.45) is 5.10 Å². The van der Waals surface area contributed by atoms with Gasteiger partial charge < -0.3 is 0 Å². The van der Waals surface area contributed by atoms with Crippen molar-refractivity contribution in [2.75, 3.05) is 0 Å². The van der Waals surface area contributed by atoms with Gasteiger partial charge in [-0.25, -0.2) is 0 Å². The van der Waals surface area contributed by atoms with E-state index >= 15 is 0 Å². The van der Waals surface area contributed by atoms with Crippen LogP contribution in [-0.2, 0) is 0 Å². The van der Waals surface area contributed by atoms with Crippen molar-refractivity contribution in [1.82, 2.24) is 14.9 Å². The normalized spacial score (nSPS) is 16.8. The lowest BCUT2D eigenvalue weighted by Gasteiger charge is -2.19. The third-order valence-corrected chi connectivity index (χ3v) is 4.95. The summed E-state index contributed by atoms with van der Waals surface area (Å²) in [7, 11) is 0. The van der Waals surface area contributed by atoms with Crippen molar-refractivity contribution in [3.8, 4) is 11.4 Å². The molecule has 0 saturated heterocycles. The smallest absolute Gasteiger partial charge is 0.187 e. The first kappa shape index (κ1) is 14.5. The van der Waals surface area contributed by atoms with Gasteiger partial charge in [-0.3, -0.25) is 0 Å². The van der Waals surface area contributed by atoms with E-state index in [1.165, 1.54) is 0 Å². The quantitative estimate of drug-likeness (QED) is 0.696. The summed E-state index contributed by atoms with van der Waals surface area (Å²) in [6.45, 7) is 2.14. The summed E-state index contributed by atoms with van der Waals surface area (Å²) in [6, 6.07) is 17.8. The lowest BCUT2D eigenvalue weighted by atomic mass is 10.1. The van der Waals surface area contributed by atoms with Crippen LogP contribution >= 0.6 is 23.4 Å². The minimum atomic E-state index is 0.229. The Kier molecular flexibility index (Phi) is 3.67. The molecule has 3 aromatic rings. The van der Waals surface area contributed by atoms with Crippen LogP contribution in [-0.4, -0.2) is 25.8 Å². The van der Waals surface area contributed by atoms with Gasteiger partial charge in [0.1, 0.15) is 0 Å². The van der Waals surface area contributed by atoms with E-state index in [4.69, 9.17) is 16.7 Å². The zero-order chi connectivity index (χ0) is 15.8. The van der Waals surface area contributed by atoms with Gasteiger partial charge in [-0.15, -0.1) is 10.2 Å². The molecule has 2 heterocycles. The minimum Gasteiger partial charge on any atom is -0.187 e. The number of benzene rings is 2. The Balaban J connectivity index is 1.83. The summed E-state index contributed by atoms with van der Waals surface area (Å²) in [5.41, 5.74) is 3.09. The highest BCUT2D eigenvalue weighted by Crippen LogP contribution is 2.32. The molecule has 0 spiro atoms. The molecule has 0 saturated carbocycles. The van der Waals surface area contributed by atoms with Crippen molar-refractivity contribution < 1.29 is 0 Å². The van der Waals surface area contributed by atoms with Gasteiger partial charge in [-0.2, -0.15) is 9.78 Å². The number of nitrogens with zero attached hydrogens (tertiary/aromatic N) is 4. The summed E-state index contributed by atoms with van der Waals surface area (Å²) in [5.74, 6) is 0.726. The SMILES string of the molecule is C[C@H]1Sc2nnc(-c3ccc(Cl)cc3)n2N=C1c1ccccc1. The van der Waals surface area contributed by atoms with E-state index in [-0.39, 0.29) is 5.25 Å². The Hall–Kier alpha value is -2.11. The molecule has 0 aliphatic carbocycles. The van der Waals surface area contributed by atoms with Crippen LogP contribution in [0.4, 0.5) is 0 Å². The van der Waals surface area contributed by atoms with Crippen LogP contribution in [0.3, 0.4) is 0 Å². The first-order valence-corrected chi connectivity index (χ1v) is 8.50. The first-order chi connectivity index (χ1) is 11.2. The van der Waals surface area contributed by atoms with E-state index < -0.39 is 0 Å². The molecule has 0 fully saturated rings. The molecule has 0 bridgehead atoms. The van der Waals surface area contributed by atoms with Crippen LogP contribution in [0.15, 0.2) is 64.9 Å². The highest BCUT2D eigenvalue weighted by atomic mass is 35.5. The molecule has 4 rings (SSSR count). The molecular weight excluding hydrogens is 328 g/mol. The van der Waals surface area contributed by atoms with E-state index in [2.05, 4.69) is 29.3 Å². The largest absolute Gasteiger partial charge is 0.213 e. The lowest BCUT2D eigenvalue weighted by molar-refractivity contribution is 0.754. The van der Waals surface area contributed by atoms with Crippen LogP contribution in [0.1, 0.15) is 12.5 Å². The number of hydrogen-bond acceptors (Lipinski definition) is 4. The Morgan fingerprint density at radius 2 is 1.70 bits per heavy atom. The third kappa shape index (κ3) is 2.66. The van der Waals surface area contributed by atoms with Crippen molar-refractivity contribution in [3.05, 3.63) is 65.2 Å². The molecule has 6 heteroatoms. The Bertz CT molecular complexity index is 871. The zero-order valence-corrected chi connectivity index (χ0v) is 13.9. The van der Waals surface area contributed by atoms with Crippen molar-refractivity contribution in [1.29, 1.82) is 0 Å². The van der Waals surface area contributed by atoms with Crippen LogP contribution in [0, 0.1) is 0 Å². The average Bonchev–Trinajstić information content (AvgIpc) is 2.98. The van der Waals surface area contributed by atoms with E-state index in [1.54, 1.807) is 11.8 Å². The predicted molar refractivity (Wildman–Crippen MR) is 94.2 cm³/mol. The Morgan fingerprint density at radius 3 is 2.43 bits per heavy atom. The average molecular weight is 341 g/mol. The van der Waals surface area contributed by atoms with E-state index in [9.17, 15) is 0 Å². The van der Waals surface area contributed by atoms with Crippen LogP contribution < -0.4 is 0 Å². The number of rotatable bonds is 2. The molecule has 0 N–H and O–H groups in total. The molecule has 23 heavy (non-hydrogen) atoms. The second kappa shape index (κ2) is 5.83. The van der Waals surface area contributed by atoms with Crippen molar-refractivity contribution in [3.63, 3.8) is 0 Å². The summed E-state index contributed by atoms with van der Waals surface area (Å²) in [4.78, 5) is 0. The molecule has 2 aromatic carbocycles. The third-order valence-electron chi connectivity index (χ3n) is 3.66. The van der Waals surface area contributed by atoms with Gasteiger partial charge >= 0.3 is 0 Å². The number of halogens is 1. The van der Waals surface area contributed by atoms with Gasteiger partial charge in [0, 0.05) is 10.6 Å². The molecule has 4 nitrogen and oxygen atoms in total. The standard InChI is InChI=1S/C17H13ClN4S/c1-11-15(12-5-3-2-4-6-12)21-22-16(19-20-17(22)23-11)13-7-9-14(18)10-8-13/h2-11H,1H3/t11-/m1/s1. The number of fused-ring (bicyclic) bond motifs is 1. The summed E-state index contributed by atoms with van der Waals surface area (Å²) >= 11 is 7.63. The molecule has 1 aliphatic rings. The molecule has 114 valence electrons. The van der Waals surface area contributed by atoms with E-state index in [1.807, 2.05) is 47.1 Å². The molecule has 0 amide bonds. The van der Waals surface area contributed by atoms with E-state index in [0.29, 0.717) is 5.02 Å². The second-order valence-electron chi connectivity index (χ2n) is 5.24. The topological polar surface area (TPSA) is 43.1 Å². The summed E-state index contributed by atoms with van der Waals surface area (Å²) in [6.07, 6.45) is 0. The van der Waals surface area contributed by atoms with Gasteiger partial charge in [-0.05, 0) is 36.8 Å². The highest BCUT2D eigenvalue weighted by molar-refractivity contribution is 8.00. The summed E-state index contributed by atoms with van der Waals surface area (Å²) < 4.78 is 1.82. The molecular formula is C17H13ClN4S. The maximum atomic E-state index is 5.96. The first-order valence-electron chi connectivity index (χ1n) is 7.24. The van der Waals surface area contributed by atoms with Gasteiger partial charge in [0.15, 0.2) is 5.82 Å². The highest BCUT2D eigenvalue weighted by Gasteiger charge is 2.26. The maximum Gasteiger partial charge on any atom is 0.213 e. The fourth-order valence-corrected chi connectivity index (χ4v) is 3.56. The number of thioether (sulfide) groups is 1.